The Labute approximate surface area is 71.2 Å². The molecule has 2 nitrogen and oxygen atoms in total. The number of ether oxygens (including phenoxy) is 1. The number of carbonyl (C=O) groups excluding carboxylic acids is 1. The van der Waals surface area contributed by atoms with Crippen LogP contribution in [0.4, 0.5) is 0 Å². The standard InChI is InChI=1S/C5H8Br2O2/c1-2-9-5(8)4(7)3-6/h4H,2-3H2,1H3/t4-/m0/s1. The molecular formula is C5H8Br2O2. The van der Waals surface area contributed by atoms with E-state index in [4.69, 9.17) is 0 Å². The van der Waals surface area contributed by atoms with Crippen LogP contribution in [0.5, 0.6) is 0 Å². The molecule has 0 amide bonds. The summed E-state index contributed by atoms with van der Waals surface area (Å²) in [5, 5.41) is 0.589. The number of carbonyl (C=O) groups is 1. The maximum atomic E-state index is 10.7. The van der Waals surface area contributed by atoms with Gasteiger partial charge in [-0.3, -0.25) is 4.79 Å². The smallest absolute Gasteiger partial charge is 0.320 e. The molecule has 0 spiro atoms. The fourth-order valence-corrected chi connectivity index (χ4v) is 0.692. The van der Waals surface area contributed by atoms with Gasteiger partial charge in [0.05, 0.1) is 6.61 Å². The number of halogens is 2. The Bertz CT molecular complexity index is 95.0. The molecule has 0 aliphatic rings. The fraction of sp³-hybridized carbons (Fsp3) is 0.800. The molecule has 0 aromatic carbocycles. The largest absolute Gasteiger partial charge is 0.465 e. The highest BCUT2D eigenvalue weighted by Gasteiger charge is 2.12. The number of esters is 1. The quantitative estimate of drug-likeness (QED) is 0.570. The van der Waals surface area contributed by atoms with Crippen LogP contribution in [0, 0.1) is 0 Å². The van der Waals surface area contributed by atoms with Crippen LogP contribution in [0.25, 0.3) is 0 Å². The van der Waals surface area contributed by atoms with E-state index in [1.54, 1.807) is 6.92 Å². The van der Waals surface area contributed by atoms with Gasteiger partial charge in [0.25, 0.3) is 0 Å². The van der Waals surface area contributed by atoms with E-state index >= 15 is 0 Å². The summed E-state index contributed by atoms with van der Waals surface area (Å²) in [5.41, 5.74) is 0. The minimum absolute atomic E-state index is 0.211. The van der Waals surface area contributed by atoms with Crippen LogP contribution in [0.15, 0.2) is 0 Å². The highest BCUT2D eigenvalue weighted by Crippen LogP contribution is 2.04. The minimum Gasteiger partial charge on any atom is -0.465 e. The van der Waals surface area contributed by atoms with E-state index in [0.717, 1.165) is 0 Å². The second kappa shape index (κ2) is 5.23. The van der Waals surface area contributed by atoms with Crippen LogP contribution < -0.4 is 0 Å². The molecule has 0 aromatic rings. The molecule has 0 saturated carbocycles. The molecule has 0 unspecified atom stereocenters. The summed E-state index contributed by atoms with van der Waals surface area (Å²) in [7, 11) is 0. The first-order valence-electron chi connectivity index (χ1n) is 2.59. The summed E-state index contributed by atoms with van der Waals surface area (Å²) >= 11 is 6.26. The van der Waals surface area contributed by atoms with Crippen molar-refractivity contribution in [1.82, 2.24) is 0 Å². The lowest BCUT2D eigenvalue weighted by atomic mass is 10.5. The molecule has 54 valence electrons. The third-order valence-electron chi connectivity index (χ3n) is 0.678. The summed E-state index contributed by atoms with van der Waals surface area (Å²) in [6.07, 6.45) is 0. The average molecular weight is 260 g/mol. The minimum atomic E-state index is -0.214. The molecule has 0 aliphatic carbocycles. The lowest BCUT2D eigenvalue weighted by Crippen LogP contribution is -2.18. The van der Waals surface area contributed by atoms with Crippen LogP contribution in [-0.2, 0) is 9.53 Å². The first-order valence-corrected chi connectivity index (χ1v) is 4.62. The van der Waals surface area contributed by atoms with Gasteiger partial charge in [0.2, 0.25) is 0 Å². The summed E-state index contributed by atoms with van der Waals surface area (Å²) in [4.78, 5) is 10.5. The molecule has 0 aromatic heterocycles. The van der Waals surface area contributed by atoms with Gasteiger partial charge < -0.3 is 4.74 Å². The number of hydrogen-bond donors (Lipinski definition) is 0. The Hall–Kier alpha value is 0.430. The topological polar surface area (TPSA) is 26.3 Å². The summed E-state index contributed by atoms with van der Waals surface area (Å²) in [6.45, 7) is 2.22. The van der Waals surface area contributed by atoms with Crippen molar-refractivity contribution in [2.45, 2.75) is 11.8 Å². The van der Waals surface area contributed by atoms with E-state index in [-0.39, 0.29) is 10.8 Å². The van der Waals surface area contributed by atoms with Crippen molar-refractivity contribution >= 4 is 37.8 Å². The van der Waals surface area contributed by atoms with Crippen molar-refractivity contribution in [2.24, 2.45) is 0 Å². The van der Waals surface area contributed by atoms with Gasteiger partial charge in [-0.1, -0.05) is 31.9 Å². The Morgan fingerprint density at radius 1 is 1.78 bits per heavy atom. The molecule has 0 heterocycles. The number of rotatable bonds is 3. The molecule has 0 N–H and O–H groups in total. The van der Waals surface area contributed by atoms with Crippen molar-refractivity contribution in [1.29, 1.82) is 0 Å². The van der Waals surface area contributed by atoms with E-state index < -0.39 is 0 Å². The van der Waals surface area contributed by atoms with Gasteiger partial charge in [-0.25, -0.2) is 0 Å². The molecule has 0 bridgehead atoms. The zero-order valence-electron chi connectivity index (χ0n) is 5.06. The van der Waals surface area contributed by atoms with Crippen molar-refractivity contribution in [2.75, 3.05) is 11.9 Å². The van der Waals surface area contributed by atoms with Gasteiger partial charge in [0.15, 0.2) is 0 Å². The molecule has 9 heavy (non-hydrogen) atoms. The lowest BCUT2D eigenvalue weighted by molar-refractivity contribution is -0.141. The van der Waals surface area contributed by atoms with E-state index in [9.17, 15) is 4.79 Å². The normalized spacial score (nSPS) is 12.8. The molecular weight excluding hydrogens is 252 g/mol. The van der Waals surface area contributed by atoms with Crippen molar-refractivity contribution < 1.29 is 9.53 Å². The average Bonchev–Trinajstić information content (AvgIpc) is 1.87. The van der Waals surface area contributed by atoms with Crippen LogP contribution in [0.1, 0.15) is 6.92 Å². The summed E-state index contributed by atoms with van der Waals surface area (Å²) < 4.78 is 4.68. The van der Waals surface area contributed by atoms with Gasteiger partial charge in [0, 0.05) is 5.33 Å². The monoisotopic (exact) mass is 258 g/mol. The van der Waals surface area contributed by atoms with Gasteiger partial charge in [-0.05, 0) is 6.92 Å². The van der Waals surface area contributed by atoms with Crippen LogP contribution in [0.2, 0.25) is 0 Å². The summed E-state index contributed by atoms with van der Waals surface area (Å²) in [5.74, 6) is -0.214. The first-order chi connectivity index (χ1) is 4.22. The molecule has 4 heteroatoms. The highest BCUT2D eigenvalue weighted by molar-refractivity contribution is 9.12. The van der Waals surface area contributed by atoms with Gasteiger partial charge >= 0.3 is 5.97 Å². The van der Waals surface area contributed by atoms with Gasteiger partial charge in [-0.2, -0.15) is 0 Å². The van der Waals surface area contributed by atoms with Crippen LogP contribution in [0.3, 0.4) is 0 Å². The van der Waals surface area contributed by atoms with Crippen LogP contribution >= 0.6 is 31.9 Å². The highest BCUT2D eigenvalue weighted by atomic mass is 79.9. The molecule has 0 fully saturated rings. The molecule has 0 aliphatic heterocycles. The fourth-order valence-electron chi connectivity index (χ4n) is 0.296. The zero-order valence-corrected chi connectivity index (χ0v) is 8.24. The van der Waals surface area contributed by atoms with Crippen molar-refractivity contribution in [3.8, 4) is 0 Å². The van der Waals surface area contributed by atoms with E-state index in [1.807, 2.05) is 0 Å². The first kappa shape index (κ1) is 9.43. The predicted molar refractivity (Wildman–Crippen MR) is 43.1 cm³/mol. The molecule has 0 saturated heterocycles. The van der Waals surface area contributed by atoms with E-state index in [2.05, 4.69) is 36.6 Å². The van der Waals surface area contributed by atoms with E-state index in [0.29, 0.717) is 11.9 Å². The Balaban J connectivity index is 3.46. The Morgan fingerprint density at radius 3 is 2.67 bits per heavy atom. The Kier molecular flexibility index (Phi) is 5.48. The third-order valence-corrected chi connectivity index (χ3v) is 2.89. The second-order valence-corrected chi connectivity index (χ2v) is 3.13. The number of hydrogen-bond acceptors (Lipinski definition) is 2. The SMILES string of the molecule is CCOC(=O)[C@@H](Br)CBr. The zero-order chi connectivity index (χ0) is 7.28. The van der Waals surface area contributed by atoms with E-state index in [1.165, 1.54) is 0 Å². The lowest BCUT2D eigenvalue weighted by Gasteiger charge is -2.03. The third kappa shape index (κ3) is 3.92. The maximum absolute atomic E-state index is 10.7. The number of alkyl halides is 2. The molecule has 1 atom stereocenters. The predicted octanol–water partition coefficient (Wildman–Crippen LogP) is 1.71. The second-order valence-electron chi connectivity index (χ2n) is 1.37. The van der Waals surface area contributed by atoms with Crippen molar-refractivity contribution in [3.63, 3.8) is 0 Å². The molecule has 0 rings (SSSR count). The molecule has 0 radical (unpaired) electrons. The van der Waals surface area contributed by atoms with Gasteiger partial charge in [-0.15, -0.1) is 0 Å². The maximum Gasteiger partial charge on any atom is 0.320 e. The van der Waals surface area contributed by atoms with Crippen LogP contribution in [-0.4, -0.2) is 22.7 Å². The van der Waals surface area contributed by atoms with Crippen molar-refractivity contribution in [3.05, 3.63) is 0 Å². The summed E-state index contributed by atoms with van der Waals surface area (Å²) in [6, 6.07) is 0. The Morgan fingerprint density at radius 2 is 2.33 bits per heavy atom. The van der Waals surface area contributed by atoms with Gasteiger partial charge in [0.1, 0.15) is 4.83 Å².